The van der Waals surface area contributed by atoms with Gasteiger partial charge in [-0.05, 0) is 49.9 Å². The van der Waals surface area contributed by atoms with Crippen molar-refractivity contribution in [3.8, 4) is 17.6 Å². The molecule has 1 aromatic rings. The van der Waals surface area contributed by atoms with E-state index in [0.717, 1.165) is 36.3 Å². The second-order valence-corrected chi connectivity index (χ2v) is 6.06. The minimum absolute atomic E-state index is 0.110. The topological polar surface area (TPSA) is 38.7 Å². The van der Waals surface area contributed by atoms with Crippen LogP contribution >= 0.6 is 0 Å². The summed E-state index contributed by atoms with van der Waals surface area (Å²) < 4.78 is 12.1. The predicted octanol–water partition coefficient (Wildman–Crippen LogP) is 2.82. The highest BCUT2D eigenvalue weighted by molar-refractivity contribution is 5.43. The number of aliphatic hydroxyl groups excluding tert-OH is 1. The maximum absolute atomic E-state index is 8.74. The molecule has 2 fully saturated rings. The molecule has 1 spiro atoms. The second kappa shape index (κ2) is 6.09. The predicted molar refractivity (Wildman–Crippen MR) is 81.3 cm³/mol. The first kappa shape index (κ1) is 14.4. The molecule has 112 valence electrons. The van der Waals surface area contributed by atoms with Crippen LogP contribution in [-0.4, -0.2) is 30.0 Å². The molecule has 1 saturated heterocycles. The smallest absolute Gasteiger partial charge is 0.122 e. The molecule has 3 rings (SSSR count). The molecule has 1 N–H and O–H groups in total. The summed E-state index contributed by atoms with van der Waals surface area (Å²) in [4.78, 5) is 0. The number of hydrogen-bond donors (Lipinski definition) is 1. The average molecular weight is 286 g/mol. The molecule has 21 heavy (non-hydrogen) atoms. The summed E-state index contributed by atoms with van der Waals surface area (Å²) in [7, 11) is 0. The minimum Gasteiger partial charge on any atom is -0.490 e. The Kier molecular flexibility index (Phi) is 4.19. The lowest BCUT2D eigenvalue weighted by molar-refractivity contribution is -0.153. The van der Waals surface area contributed by atoms with E-state index in [9.17, 15) is 0 Å². The maximum atomic E-state index is 8.74. The molecule has 2 aliphatic rings. The van der Waals surface area contributed by atoms with E-state index in [0.29, 0.717) is 0 Å². The SMILES string of the molecule is Cc1cc(C#CCO)ccc1OC1CCOC2(CCC2)C1. The van der Waals surface area contributed by atoms with Gasteiger partial charge in [0, 0.05) is 18.4 Å². The lowest BCUT2D eigenvalue weighted by atomic mass is 9.74. The van der Waals surface area contributed by atoms with Gasteiger partial charge in [-0.1, -0.05) is 11.8 Å². The minimum atomic E-state index is -0.110. The van der Waals surface area contributed by atoms with E-state index in [1.54, 1.807) is 0 Å². The van der Waals surface area contributed by atoms with Gasteiger partial charge in [0.15, 0.2) is 0 Å². The van der Waals surface area contributed by atoms with Gasteiger partial charge in [-0.3, -0.25) is 0 Å². The van der Waals surface area contributed by atoms with Crippen molar-refractivity contribution in [2.24, 2.45) is 0 Å². The van der Waals surface area contributed by atoms with Crippen molar-refractivity contribution >= 4 is 0 Å². The van der Waals surface area contributed by atoms with Gasteiger partial charge < -0.3 is 14.6 Å². The number of rotatable bonds is 2. The Bertz CT molecular complexity index is 564. The Morgan fingerprint density at radius 1 is 1.43 bits per heavy atom. The molecule has 1 unspecified atom stereocenters. The van der Waals surface area contributed by atoms with Gasteiger partial charge in [0.25, 0.3) is 0 Å². The fraction of sp³-hybridized carbons (Fsp3) is 0.556. The van der Waals surface area contributed by atoms with Crippen molar-refractivity contribution in [2.45, 2.75) is 50.7 Å². The van der Waals surface area contributed by atoms with Crippen LogP contribution < -0.4 is 4.74 Å². The lowest BCUT2D eigenvalue weighted by Gasteiger charge is -2.47. The van der Waals surface area contributed by atoms with Crippen molar-refractivity contribution in [3.63, 3.8) is 0 Å². The van der Waals surface area contributed by atoms with Crippen LogP contribution in [0.15, 0.2) is 18.2 Å². The van der Waals surface area contributed by atoms with E-state index in [1.165, 1.54) is 19.3 Å². The summed E-state index contributed by atoms with van der Waals surface area (Å²) >= 11 is 0. The third-order valence-electron chi connectivity index (χ3n) is 4.49. The van der Waals surface area contributed by atoms with Crippen molar-refractivity contribution in [1.29, 1.82) is 0 Å². The molecule has 1 saturated carbocycles. The fourth-order valence-electron chi connectivity index (χ4n) is 3.18. The Morgan fingerprint density at radius 3 is 2.95 bits per heavy atom. The van der Waals surface area contributed by atoms with E-state index in [2.05, 4.69) is 11.8 Å². The van der Waals surface area contributed by atoms with Crippen LogP contribution in [0.5, 0.6) is 5.75 Å². The zero-order valence-electron chi connectivity index (χ0n) is 12.5. The molecular formula is C18H22O3. The third kappa shape index (κ3) is 3.23. The number of ether oxygens (including phenoxy) is 2. The van der Waals surface area contributed by atoms with E-state index in [-0.39, 0.29) is 18.3 Å². The maximum Gasteiger partial charge on any atom is 0.122 e. The Labute approximate surface area is 126 Å². The van der Waals surface area contributed by atoms with E-state index < -0.39 is 0 Å². The summed E-state index contributed by atoms with van der Waals surface area (Å²) in [5.74, 6) is 6.52. The molecule has 0 radical (unpaired) electrons. The molecule has 1 atom stereocenters. The fourth-order valence-corrected chi connectivity index (χ4v) is 3.18. The number of aryl methyl sites for hydroxylation is 1. The van der Waals surface area contributed by atoms with Gasteiger partial charge in [-0.25, -0.2) is 0 Å². The van der Waals surface area contributed by atoms with Crippen LogP contribution in [0, 0.1) is 18.8 Å². The highest BCUT2D eigenvalue weighted by Gasteiger charge is 2.43. The number of benzene rings is 1. The summed E-state index contributed by atoms with van der Waals surface area (Å²) in [5, 5.41) is 8.74. The van der Waals surface area contributed by atoms with Gasteiger partial charge in [0.1, 0.15) is 18.5 Å². The van der Waals surface area contributed by atoms with Gasteiger partial charge in [-0.15, -0.1) is 0 Å². The van der Waals surface area contributed by atoms with Crippen LogP contribution in [0.4, 0.5) is 0 Å². The Hall–Kier alpha value is -1.50. The molecule has 3 nitrogen and oxygen atoms in total. The molecule has 1 aliphatic heterocycles. The quantitative estimate of drug-likeness (QED) is 0.850. The Morgan fingerprint density at radius 2 is 2.29 bits per heavy atom. The lowest BCUT2D eigenvalue weighted by Crippen LogP contribution is -2.48. The van der Waals surface area contributed by atoms with Gasteiger partial charge >= 0.3 is 0 Å². The largest absolute Gasteiger partial charge is 0.490 e. The Balaban J connectivity index is 1.67. The number of hydrogen-bond acceptors (Lipinski definition) is 3. The van der Waals surface area contributed by atoms with Crippen LogP contribution in [0.25, 0.3) is 0 Å². The van der Waals surface area contributed by atoms with E-state index in [4.69, 9.17) is 14.6 Å². The number of aliphatic hydroxyl groups is 1. The van der Waals surface area contributed by atoms with Crippen LogP contribution in [-0.2, 0) is 4.74 Å². The van der Waals surface area contributed by atoms with Crippen molar-refractivity contribution in [3.05, 3.63) is 29.3 Å². The van der Waals surface area contributed by atoms with Crippen molar-refractivity contribution < 1.29 is 14.6 Å². The second-order valence-electron chi connectivity index (χ2n) is 6.06. The molecule has 1 heterocycles. The van der Waals surface area contributed by atoms with Crippen molar-refractivity contribution in [2.75, 3.05) is 13.2 Å². The molecule has 0 bridgehead atoms. The summed E-state index contributed by atoms with van der Waals surface area (Å²) in [5.41, 5.74) is 2.12. The van der Waals surface area contributed by atoms with Crippen molar-refractivity contribution in [1.82, 2.24) is 0 Å². The van der Waals surface area contributed by atoms with E-state index in [1.807, 2.05) is 25.1 Å². The molecule has 3 heteroatoms. The first-order valence-corrected chi connectivity index (χ1v) is 7.72. The zero-order chi connectivity index (χ0) is 14.7. The first-order valence-electron chi connectivity index (χ1n) is 7.72. The highest BCUT2D eigenvalue weighted by atomic mass is 16.5. The van der Waals surface area contributed by atoms with Crippen LogP contribution in [0.1, 0.15) is 43.2 Å². The molecule has 1 aromatic carbocycles. The van der Waals surface area contributed by atoms with E-state index >= 15 is 0 Å². The van der Waals surface area contributed by atoms with Gasteiger partial charge in [0.05, 0.1) is 12.2 Å². The molecule has 1 aliphatic carbocycles. The summed E-state index contributed by atoms with van der Waals surface area (Å²) in [6.45, 7) is 2.74. The highest BCUT2D eigenvalue weighted by Crippen LogP contribution is 2.43. The third-order valence-corrected chi connectivity index (χ3v) is 4.49. The average Bonchev–Trinajstić information content (AvgIpc) is 2.46. The van der Waals surface area contributed by atoms with Crippen LogP contribution in [0.3, 0.4) is 0 Å². The molecule has 0 amide bonds. The molecule has 0 aromatic heterocycles. The normalized spacial score (nSPS) is 23.0. The van der Waals surface area contributed by atoms with Gasteiger partial charge in [0.2, 0.25) is 0 Å². The monoisotopic (exact) mass is 286 g/mol. The van der Waals surface area contributed by atoms with Crippen LogP contribution in [0.2, 0.25) is 0 Å². The first-order chi connectivity index (χ1) is 10.2. The van der Waals surface area contributed by atoms with Gasteiger partial charge in [-0.2, -0.15) is 0 Å². The summed E-state index contributed by atoms with van der Waals surface area (Å²) in [6.07, 6.45) is 5.88. The zero-order valence-corrected chi connectivity index (χ0v) is 12.5. The molecular weight excluding hydrogens is 264 g/mol. The standard InChI is InChI=1S/C18H22O3/c1-14-12-15(4-2-10-19)5-6-17(14)21-16-7-11-20-18(13-16)8-3-9-18/h5-6,12,16,19H,3,7-11,13H2,1H3. The summed E-state index contributed by atoms with van der Waals surface area (Å²) in [6, 6.07) is 5.94.